The van der Waals surface area contributed by atoms with Gasteiger partial charge < -0.3 is 4.90 Å². The van der Waals surface area contributed by atoms with Crippen molar-refractivity contribution in [1.29, 1.82) is 0 Å². The summed E-state index contributed by atoms with van der Waals surface area (Å²) in [7, 11) is 0. The van der Waals surface area contributed by atoms with Crippen LogP contribution in [0.4, 0.5) is 17.6 Å². The van der Waals surface area contributed by atoms with E-state index in [1.165, 1.54) is 6.07 Å². The van der Waals surface area contributed by atoms with Crippen LogP contribution in [0.15, 0.2) is 34.9 Å². The molecule has 4 rings (SSSR count). The molecule has 1 aliphatic heterocycles. The van der Waals surface area contributed by atoms with Crippen LogP contribution in [-0.2, 0) is 6.18 Å². The first kappa shape index (κ1) is 20.8. The maximum atomic E-state index is 14.1. The fourth-order valence-corrected chi connectivity index (χ4v) is 4.27. The van der Waals surface area contributed by atoms with Gasteiger partial charge in [0.05, 0.1) is 5.56 Å². The maximum Gasteiger partial charge on any atom is 0.419 e. The standard InChI is InChI=1S/C20H17BrF4N4O/c1-11-8-14(17(15(22)9-11)20(23,24)25)12-4-6-28(7-5-12)19(30)18-27-26-16-3-2-13(21)10-29(16)18/h2-3,8-10,12H,4-7H2,1H3. The highest BCUT2D eigenvalue weighted by Gasteiger charge is 2.39. The Morgan fingerprint density at radius 2 is 1.87 bits per heavy atom. The molecule has 0 unspecified atom stereocenters. The number of pyridine rings is 1. The number of aromatic nitrogens is 3. The molecule has 1 aromatic carbocycles. The molecule has 0 bridgehead atoms. The third-order valence-corrected chi connectivity index (χ3v) is 5.80. The van der Waals surface area contributed by atoms with Crippen LogP contribution in [0.5, 0.6) is 0 Å². The Morgan fingerprint density at radius 1 is 1.17 bits per heavy atom. The molecule has 0 spiro atoms. The molecule has 10 heteroatoms. The van der Waals surface area contributed by atoms with E-state index < -0.39 is 23.5 Å². The van der Waals surface area contributed by atoms with Gasteiger partial charge in [-0.05, 0) is 70.9 Å². The van der Waals surface area contributed by atoms with Gasteiger partial charge in [0.25, 0.3) is 5.91 Å². The zero-order chi connectivity index (χ0) is 21.6. The topological polar surface area (TPSA) is 50.5 Å². The molecule has 158 valence electrons. The summed E-state index contributed by atoms with van der Waals surface area (Å²) in [6, 6.07) is 5.80. The van der Waals surface area contributed by atoms with E-state index in [9.17, 15) is 22.4 Å². The number of rotatable bonds is 2. The molecule has 3 heterocycles. The Hall–Kier alpha value is -2.49. The molecule has 0 N–H and O–H groups in total. The van der Waals surface area contributed by atoms with Gasteiger partial charge in [-0.3, -0.25) is 9.20 Å². The summed E-state index contributed by atoms with van der Waals surface area (Å²) >= 11 is 3.34. The van der Waals surface area contributed by atoms with Crippen molar-refractivity contribution >= 4 is 27.5 Å². The molecule has 0 atom stereocenters. The molecule has 0 aliphatic carbocycles. The van der Waals surface area contributed by atoms with E-state index in [-0.39, 0.29) is 30.4 Å². The monoisotopic (exact) mass is 484 g/mol. The molecule has 0 saturated carbocycles. The molecule has 1 saturated heterocycles. The molecule has 1 amide bonds. The third-order valence-electron chi connectivity index (χ3n) is 5.33. The van der Waals surface area contributed by atoms with Crippen LogP contribution in [0.2, 0.25) is 0 Å². The number of hydrogen-bond donors (Lipinski definition) is 0. The van der Waals surface area contributed by atoms with Crippen molar-refractivity contribution in [3.63, 3.8) is 0 Å². The van der Waals surface area contributed by atoms with Crippen molar-refractivity contribution in [2.75, 3.05) is 13.1 Å². The lowest BCUT2D eigenvalue weighted by Crippen LogP contribution is -2.39. The number of alkyl halides is 3. The van der Waals surface area contributed by atoms with Gasteiger partial charge in [-0.2, -0.15) is 13.2 Å². The van der Waals surface area contributed by atoms with Crippen molar-refractivity contribution in [3.8, 4) is 0 Å². The minimum absolute atomic E-state index is 0.0380. The van der Waals surface area contributed by atoms with Crippen LogP contribution >= 0.6 is 15.9 Å². The van der Waals surface area contributed by atoms with Crippen LogP contribution in [0.3, 0.4) is 0 Å². The predicted molar refractivity (Wildman–Crippen MR) is 105 cm³/mol. The SMILES string of the molecule is Cc1cc(F)c(C(F)(F)F)c(C2CCN(C(=O)c3nnc4ccc(Br)cn34)CC2)c1. The second-order valence-electron chi connectivity index (χ2n) is 7.37. The van der Waals surface area contributed by atoms with E-state index in [0.29, 0.717) is 24.1 Å². The molecule has 30 heavy (non-hydrogen) atoms. The van der Waals surface area contributed by atoms with Crippen molar-refractivity contribution in [2.45, 2.75) is 31.9 Å². The quantitative estimate of drug-likeness (QED) is 0.482. The lowest BCUT2D eigenvalue weighted by molar-refractivity contribution is -0.140. The summed E-state index contributed by atoms with van der Waals surface area (Å²) in [6.07, 6.45) is -2.48. The zero-order valence-corrected chi connectivity index (χ0v) is 17.5. The summed E-state index contributed by atoms with van der Waals surface area (Å²) in [5, 5.41) is 7.94. The summed E-state index contributed by atoms with van der Waals surface area (Å²) in [5.74, 6) is -1.94. The second-order valence-corrected chi connectivity index (χ2v) is 8.29. The summed E-state index contributed by atoms with van der Waals surface area (Å²) < 4.78 is 56.8. The van der Waals surface area contributed by atoms with E-state index in [1.54, 1.807) is 34.6 Å². The maximum absolute atomic E-state index is 14.1. The third kappa shape index (κ3) is 3.80. The number of piperidine rings is 1. The molecular formula is C20H17BrF4N4O. The molecule has 1 aliphatic rings. The average Bonchev–Trinajstić information content (AvgIpc) is 3.08. The molecule has 5 nitrogen and oxygen atoms in total. The molecule has 0 radical (unpaired) electrons. The molecule has 1 fully saturated rings. The van der Waals surface area contributed by atoms with E-state index >= 15 is 0 Å². The smallest absolute Gasteiger partial charge is 0.336 e. The number of nitrogens with zero attached hydrogens (tertiary/aromatic N) is 4. The Labute approximate surface area is 177 Å². The fraction of sp³-hybridized carbons (Fsp3) is 0.350. The highest BCUT2D eigenvalue weighted by molar-refractivity contribution is 9.10. The number of amides is 1. The van der Waals surface area contributed by atoms with Crippen LogP contribution in [0, 0.1) is 12.7 Å². The van der Waals surface area contributed by atoms with E-state index in [0.717, 1.165) is 10.5 Å². The first-order chi connectivity index (χ1) is 14.1. The lowest BCUT2D eigenvalue weighted by atomic mass is 9.85. The minimum atomic E-state index is -4.77. The molecular weight excluding hydrogens is 468 g/mol. The number of aryl methyl sites for hydroxylation is 1. The second kappa shape index (κ2) is 7.64. The van der Waals surface area contributed by atoms with E-state index in [4.69, 9.17) is 0 Å². The van der Waals surface area contributed by atoms with Gasteiger partial charge in [-0.1, -0.05) is 6.07 Å². The first-order valence-electron chi connectivity index (χ1n) is 9.32. The minimum Gasteiger partial charge on any atom is -0.336 e. The van der Waals surface area contributed by atoms with Gasteiger partial charge in [0, 0.05) is 23.8 Å². The zero-order valence-electron chi connectivity index (χ0n) is 15.9. The molecule has 3 aromatic rings. The summed E-state index contributed by atoms with van der Waals surface area (Å²) in [6.45, 7) is 2.07. The molecule has 2 aromatic heterocycles. The van der Waals surface area contributed by atoms with Crippen LogP contribution in [0.1, 0.15) is 46.1 Å². The Bertz CT molecular complexity index is 1120. The number of halogens is 5. The van der Waals surface area contributed by atoms with Gasteiger partial charge >= 0.3 is 6.18 Å². The van der Waals surface area contributed by atoms with Gasteiger partial charge in [-0.15, -0.1) is 10.2 Å². The number of carbonyl (C=O) groups is 1. The number of carbonyl (C=O) groups excluding carboxylic acids is 1. The normalized spacial score (nSPS) is 15.7. The van der Waals surface area contributed by atoms with Crippen LogP contribution in [-0.4, -0.2) is 38.5 Å². The first-order valence-corrected chi connectivity index (χ1v) is 10.1. The fourth-order valence-electron chi connectivity index (χ4n) is 3.94. The Morgan fingerprint density at radius 3 is 2.53 bits per heavy atom. The van der Waals surface area contributed by atoms with Crippen molar-refractivity contribution in [1.82, 2.24) is 19.5 Å². The summed E-state index contributed by atoms with van der Waals surface area (Å²) in [5.41, 5.74) is -0.286. The van der Waals surface area contributed by atoms with Gasteiger partial charge in [0.15, 0.2) is 5.65 Å². The Balaban J connectivity index is 1.56. The van der Waals surface area contributed by atoms with Gasteiger partial charge in [0.2, 0.25) is 5.82 Å². The van der Waals surface area contributed by atoms with Crippen molar-refractivity contribution < 1.29 is 22.4 Å². The van der Waals surface area contributed by atoms with Crippen molar-refractivity contribution in [2.24, 2.45) is 0 Å². The summed E-state index contributed by atoms with van der Waals surface area (Å²) in [4.78, 5) is 14.5. The predicted octanol–water partition coefficient (Wildman–Crippen LogP) is 4.98. The van der Waals surface area contributed by atoms with Gasteiger partial charge in [0.1, 0.15) is 5.82 Å². The Kier molecular flexibility index (Phi) is 5.29. The van der Waals surface area contributed by atoms with Crippen molar-refractivity contribution in [3.05, 3.63) is 63.3 Å². The lowest BCUT2D eigenvalue weighted by Gasteiger charge is -2.33. The highest BCUT2D eigenvalue weighted by atomic mass is 79.9. The van der Waals surface area contributed by atoms with E-state index in [1.807, 2.05) is 0 Å². The number of fused-ring (bicyclic) bond motifs is 1. The van der Waals surface area contributed by atoms with Crippen LogP contribution in [0.25, 0.3) is 5.65 Å². The highest BCUT2D eigenvalue weighted by Crippen LogP contribution is 2.41. The average molecular weight is 485 g/mol. The number of likely N-dealkylation sites (tertiary alicyclic amines) is 1. The number of hydrogen-bond acceptors (Lipinski definition) is 3. The van der Waals surface area contributed by atoms with Gasteiger partial charge in [-0.25, -0.2) is 4.39 Å². The van der Waals surface area contributed by atoms with Crippen LogP contribution < -0.4 is 0 Å². The number of benzene rings is 1. The largest absolute Gasteiger partial charge is 0.419 e. The van der Waals surface area contributed by atoms with E-state index in [2.05, 4.69) is 26.1 Å².